The van der Waals surface area contributed by atoms with E-state index in [1.807, 2.05) is 48.5 Å². The van der Waals surface area contributed by atoms with Crippen LogP contribution >= 0.6 is 22.7 Å². The maximum Gasteiger partial charge on any atom is 0.166 e. The summed E-state index contributed by atoms with van der Waals surface area (Å²) in [7, 11) is 0. The maximum atomic E-state index is 9.17. The summed E-state index contributed by atoms with van der Waals surface area (Å²) in [5, 5.41) is 4.91. The van der Waals surface area contributed by atoms with Gasteiger partial charge in [0, 0.05) is 67.8 Å². The number of benzene rings is 8. The number of para-hydroxylation sites is 3. The number of rotatable bonds is 5. The summed E-state index contributed by atoms with van der Waals surface area (Å²) in [5.41, 5.74) is 4.88. The molecule has 6 heteroatoms. The lowest BCUT2D eigenvalue weighted by molar-refractivity contribution is 1.06. The minimum absolute atomic E-state index is 0.0718. The van der Waals surface area contributed by atoms with E-state index < -0.39 is 12.1 Å². The SMILES string of the molecule is [2H]c1cc([2H])c2c(c1[2H])c1c([2H])c([2H])c([2H])c([2H])c1n2-c1ccccc1-c1nc(-c2cccc(-c3cccc4c3sc3ccccc34)c2)nc(-c2ccc3c(c2)sc2ccccc23)n1. The summed E-state index contributed by atoms with van der Waals surface area (Å²) in [6.07, 6.45) is 0. The zero-order valence-corrected chi connectivity index (χ0v) is 31.5. The minimum Gasteiger partial charge on any atom is -0.309 e. The number of hydrogen-bond donors (Lipinski definition) is 0. The van der Waals surface area contributed by atoms with E-state index in [9.17, 15) is 0 Å². The smallest absolute Gasteiger partial charge is 0.166 e. The van der Waals surface area contributed by atoms with Gasteiger partial charge in [-0.3, -0.25) is 0 Å². The molecular weight excluding hydrogens is 733 g/mol. The molecule has 57 heavy (non-hydrogen) atoms. The number of nitrogens with zero attached hydrogens (tertiary/aromatic N) is 4. The van der Waals surface area contributed by atoms with E-state index in [2.05, 4.69) is 78.9 Å². The fraction of sp³-hybridized carbons (Fsp3) is 0. The number of aromatic nitrogens is 4. The summed E-state index contributed by atoms with van der Waals surface area (Å²) >= 11 is 3.47. The van der Waals surface area contributed by atoms with E-state index in [0.717, 1.165) is 32.3 Å². The molecule has 0 saturated carbocycles. The molecule has 0 bridgehead atoms. The fourth-order valence-corrected chi connectivity index (χ4v) is 10.4. The van der Waals surface area contributed by atoms with Crippen molar-refractivity contribution in [2.24, 2.45) is 0 Å². The Hall–Kier alpha value is -6.99. The van der Waals surface area contributed by atoms with Gasteiger partial charge >= 0.3 is 0 Å². The predicted octanol–water partition coefficient (Wildman–Crippen LogP) is 14.4. The molecule has 0 radical (unpaired) electrons. The van der Waals surface area contributed by atoms with Crippen molar-refractivity contribution in [1.29, 1.82) is 0 Å². The Morgan fingerprint density at radius 2 is 1.02 bits per heavy atom. The zero-order valence-electron chi connectivity index (χ0n) is 36.9. The van der Waals surface area contributed by atoms with Crippen molar-refractivity contribution in [3.8, 4) is 51.0 Å². The topological polar surface area (TPSA) is 43.6 Å². The molecule has 0 unspecified atom stereocenters. The van der Waals surface area contributed by atoms with Crippen molar-refractivity contribution in [1.82, 2.24) is 19.5 Å². The standard InChI is InChI=1S/C51H30N4S2/c1-6-22-42-35(15-1)36-16-2-7-23-43(36)55(42)44-24-8-3-19-41(44)51-53-49(52-50(54-51)33-27-28-39-37-17-4-9-25-45(37)56-47(39)30-33)32-14-11-13-31(29-32)34-20-12-21-40-38-18-5-10-26-46(38)57-48(34)40/h1-30H/i1D,2D,6D,15D,16D,22D,23D. The summed E-state index contributed by atoms with van der Waals surface area (Å²) in [4.78, 5) is 15.5. The average Bonchev–Trinajstić information content (AvgIpc) is 4.02. The molecule has 4 nitrogen and oxygen atoms in total. The van der Waals surface area contributed by atoms with Gasteiger partial charge < -0.3 is 4.57 Å². The molecule has 12 aromatic rings. The molecule has 8 aromatic carbocycles. The molecule has 0 aliphatic heterocycles. The van der Waals surface area contributed by atoms with Crippen molar-refractivity contribution in [2.45, 2.75) is 0 Å². The summed E-state index contributed by atoms with van der Waals surface area (Å²) in [5.74, 6) is 1.16. The van der Waals surface area contributed by atoms with Crippen molar-refractivity contribution in [3.05, 3.63) is 182 Å². The zero-order chi connectivity index (χ0) is 43.5. The average molecular weight is 770 g/mol. The molecule has 0 saturated heterocycles. The van der Waals surface area contributed by atoms with Crippen LogP contribution in [0.25, 0.3) is 113 Å². The van der Waals surface area contributed by atoms with Crippen LogP contribution in [0.3, 0.4) is 0 Å². The van der Waals surface area contributed by atoms with Crippen LogP contribution in [0.5, 0.6) is 0 Å². The Balaban J connectivity index is 1.12. The number of hydrogen-bond acceptors (Lipinski definition) is 5. The van der Waals surface area contributed by atoms with Gasteiger partial charge in [-0.05, 0) is 59.6 Å². The van der Waals surface area contributed by atoms with Crippen LogP contribution in [-0.2, 0) is 0 Å². The second-order valence-corrected chi connectivity index (χ2v) is 16.0. The molecule has 12 rings (SSSR count). The highest BCUT2D eigenvalue weighted by Gasteiger charge is 2.20. The van der Waals surface area contributed by atoms with Gasteiger partial charge in [-0.15, -0.1) is 22.7 Å². The van der Waals surface area contributed by atoms with E-state index in [4.69, 9.17) is 24.5 Å². The van der Waals surface area contributed by atoms with Crippen molar-refractivity contribution in [3.63, 3.8) is 0 Å². The largest absolute Gasteiger partial charge is 0.309 e. The van der Waals surface area contributed by atoms with E-state index in [-0.39, 0.29) is 52.0 Å². The van der Waals surface area contributed by atoms with E-state index >= 15 is 0 Å². The van der Waals surface area contributed by atoms with Gasteiger partial charge in [0.1, 0.15) is 0 Å². The highest BCUT2D eigenvalue weighted by atomic mass is 32.1. The van der Waals surface area contributed by atoms with Gasteiger partial charge in [0.05, 0.1) is 26.3 Å². The normalized spacial score (nSPS) is 13.6. The summed E-state index contributed by atoms with van der Waals surface area (Å²) < 4.78 is 68.3. The third-order valence-corrected chi connectivity index (χ3v) is 12.9. The molecule has 4 aromatic heterocycles. The van der Waals surface area contributed by atoms with Crippen LogP contribution in [-0.4, -0.2) is 19.5 Å². The van der Waals surface area contributed by atoms with Gasteiger partial charge in [-0.2, -0.15) is 0 Å². The molecule has 266 valence electrons. The highest BCUT2D eigenvalue weighted by Crippen LogP contribution is 2.42. The Kier molecular flexibility index (Phi) is 5.82. The molecule has 0 amide bonds. The van der Waals surface area contributed by atoms with Crippen LogP contribution in [0.1, 0.15) is 9.60 Å². The lowest BCUT2D eigenvalue weighted by Crippen LogP contribution is -2.03. The third-order valence-electron chi connectivity index (χ3n) is 10.6. The number of fused-ring (bicyclic) bond motifs is 9. The lowest BCUT2D eigenvalue weighted by Gasteiger charge is -2.15. The molecule has 0 aliphatic carbocycles. The van der Waals surface area contributed by atoms with Crippen LogP contribution in [0.2, 0.25) is 0 Å². The second kappa shape index (κ2) is 12.8. The van der Waals surface area contributed by atoms with Gasteiger partial charge in [0.25, 0.3) is 0 Å². The first-order chi connectivity index (χ1) is 31.1. The first kappa shape index (κ1) is 26.0. The monoisotopic (exact) mass is 769 g/mol. The third kappa shape index (κ3) is 5.15. The first-order valence-corrected chi connectivity index (χ1v) is 20.1. The Morgan fingerprint density at radius 1 is 0.404 bits per heavy atom. The molecular formula is C51H30N4S2. The molecule has 0 fully saturated rings. The van der Waals surface area contributed by atoms with Gasteiger partial charge in [-0.1, -0.05) is 133 Å². The summed E-state index contributed by atoms with van der Waals surface area (Å²) in [6.45, 7) is 0. The van der Waals surface area contributed by atoms with E-state index in [1.165, 1.54) is 36.3 Å². The lowest BCUT2D eigenvalue weighted by atomic mass is 10.0. The quantitative estimate of drug-likeness (QED) is 0.175. The van der Waals surface area contributed by atoms with Crippen LogP contribution in [0.15, 0.2) is 182 Å². The molecule has 0 N–H and O–H groups in total. The predicted molar refractivity (Wildman–Crippen MR) is 242 cm³/mol. The van der Waals surface area contributed by atoms with Crippen LogP contribution in [0, 0.1) is 0 Å². The van der Waals surface area contributed by atoms with Gasteiger partial charge in [0.15, 0.2) is 17.5 Å². The minimum atomic E-state index is -0.459. The molecule has 4 heterocycles. The first-order valence-electron chi connectivity index (χ1n) is 21.9. The fourth-order valence-electron chi connectivity index (χ4n) is 7.99. The van der Waals surface area contributed by atoms with Crippen LogP contribution < -0.4 is 0 Å². The van der Waals surface area contributed by atoms with Crippen molar-refractivity contribution in [2.75, 3.05) is 0 Å². The van der Waals surface area contributed by atoms with Crippen LogP contribution in [0.4, 0.5) is 0 Å². The van der Waals surface area contributed by atoms with Gasteiger partial charge in [0.2, 0.25) is 0 Å². The maximum absolute atomic E-state index is 9.17. The van der Waals surface area contributed by atoms with Crippen molar-refractivity contribution < 1.29 is 9.60 Å². The molecule has 0 aliphatic rings. The van der Waals surface area contributed by atoms with Crippen molar-refractivity contribution >= 4 is 84.8 Å². The molecule has 0 atom stereocenters. The number of thiophene rings is 2. The van der Waals surface area contributed by atoms with E-state index in [1.54, 1.807) is 33.3 Å². The molecule has 0 spiro atoms. The Bertz CT molecular complexity index is 3970. The second-order valence-electron chi connectivity index (χ2n) is 13.8. The van der Waals surface area contributed by atoms with E-state index in [0.29, 0.717) is 28.7 Å². The van der Waals surface area contributed by atoms with Gasteiger partial charge in [-0.25, -0.2) is 15.0 Å². The Morgan fingerprint density at radius 3 is 1.89 bits per heavy atom. The summed E-state index contributed by atoms with van der Waals surface area (Å²) in [6, 6.07) is 44.1. The highest BCUT2D eigenvalue weighted by molar-refractivity contribution is 7.26. The Labute approximate surface area is 345 Å².